The van der Waals surface area contributed by atoms with Gasteiger partial charge in [-0.05, 0) is 69.4 Å². The van der Waals surface area contributed by atoms with Crippen LogP contribution in [0.3, 0.4) is 0 Å². The van der Waals surface area contributed by atoms with Gasteiger partial charge in [-0.25, -0.2) is 0 Å². The van der Waals surface area contributed by atoms with E-state index in [1.807, 2.05) is 7.05 Å². The number of nitrogens with zero attached hydrogens (tertiary/aromatic N) is 3. The van der Waals surface area contributed by atoms with Crippen LogP contribution in [0.4, 0.5) is 11.4 Å². The molecule has 4 aromatic rings. The van der Waals surface area contributed by atoms with Crippen LogP contribution < -0.4 is 10.6 Å². The van der Waals surface area contributed by atoms with Gasteiger partial charge in [-0.1, -0.05) is 23.2 Å². The third-order valence-electron chi connectivity index (χ3n) is 7.90. The number of nitrogens with one attached hydrogen (secondary N) is 2. The lowest BCUT2D eigenvalue weighted by Gasteiger charge is -2.22. The summed E-state index contributed by atoms with van der Waals surface area (Å²) in [7, 11) is 2.02. The molecule has 44 heavy (non-hydrogen) atoms. The van der Waals surface area contributed by atoms with E-state index in [4.69, 9.17) is 23.2 Å². The fraction of sp³-hybridized carbons (Fsp3) is 0.212. The van der Waals surface area contributed by atoms with Gasteiger partial charge < -0.3 is 15.5 Å². The molecule has 0 unspecified atom stereocenters. The Morgan fingerprint density at radius 2 is 1.00 bits per heavy atom. The van der Waals surface area contributed by atoms with Crippen molar-refractivity contribution in [3.63, 3.8) is 0 Å². The Labute approximate surface area is 263 Å². The number of fused-ring (bicyclic) bond motifs is 4. The predicted molar refractivity (Wildman–Crippen MR) is 169 cm³/mol. The van der Waals surface area contributed by atoms with Gasteiger partial charge in [0.15, 0.2) is 23.1 Å². The second kappa shape index (κ2) is 12.3. The highest BCUT2D eigenvalue weighted by atomic mass is 35.5. The Kier molecular flexibility index (Phi) is 8.27. The first-order chi connectivity index (χ1) is 21.3. The van der Waals surface area contributed by atoms with Gasteiger partial charge in [-0.2, -0.15) is 0 Å². The van der Waals surface area contributed by atoms with Gasteiger partial charge in [0, 0.05) is 60.4 Å². The Balaban J connectivity index is 1.02. The average Bonchev–Trinajstić information content (AvgIpc) is 3.03. The van der Waals surface area contributed by atoms with Gasteiger partial charge in [0.1, 0.15) is 0 Å². The molecule has 0 bridgehead atoms. The zero-order valence-corrected chi connectivity index (χ0v) is 25.3. The molecule has 0 saturated carbocycles. The molecule has 2 heterocycles. The summed E-state index contributed by atoms with van der Waals surface area (Å²) < 4.78 is 0. The first kappa shape index (κ1) is 29.6. The molecule has 0 spiro atoms. The van der Waals surface area contributed by atoms with Crippen molar-refractivity contribution >= 4 is 57.7 Å². The highest BCUT2D eigenvalue weighted by Crippen LogP contribution is 2.37. The van der Waals surface area contributed by atoms with Crippen molar-refractivity contribution in [1.29, 1.82) is 0 Å². The molecule has 0 fully saturated rings. The second-order valence-corrected chi connectivity index (χ2v) is 11.5. The Hall–Kier alpha value is -4.44. The average molecular weight is 629 g/mol. The van der Waals surface area contributed by atoms with E-state index < -0.39 is 0 Å². The topological polar surface area (TPSA) is 121 Å². The minimum atomic E-state index is -0.304. The summed E-state index contributed by atoms with van der Waals surface area (Å²) in [6.45, 7) is 2.76. The van der Waals surface area contributed by atoms with Crippen LogP contribution in [0.5, 0.6) is 0 Å². The summed E-state index contributed by atoms with van der Waals surface area (Å²) in [6, 6.07) is 9.84. The first-order valence-corrected chi connectivity index (χ1v) is 14.9. The highest BCUT2D eigenvalue weighted by molar-refractivity contribution is 6.40. The molecule has 2 aliphatic rings. The van der Waals surface area contributed by atoms with Crippen LogP contribution in [-0.4, -0.2) is 71.2 Å². The van der Waals surface area contributed by atoms with Crippen molar-refractivity contribution < 1.29 is 19.2 Å². The van der Waals surface area contributed by atoms with Gasteiger partial charge in [0.2, 0.25) is 0 Å². The maximum absolute atomic E-state index is 13.3. The molecule has 0 atom stereocenters. The van der Waals surface area contributed by atoms with Crippen LogP contribution in [0, 0.1) is 0 Å². The van der Waals surface area contributed by atoms with E-state index in [0.29, 0.717) is 46.7 Å². The van der Waals surface area contributed by atoms with Crippen LogP contribution in [0.2, 0.25) is 10.0 Å². The predicted octanol–water partition coefficient (Wildman–Crippen LogP) is 5.57. The Morgan fingerprint density at radius 1 is 0.591 bits per heavy atom. The van der Waals surface area contributed by atoms with Gasteiger partial charge in [-0.15, -0.1) is 0 Å². The van der Waals surface area contributed by atoms with Gasteiger partial charge in [-0.3, -0.25) is 29.1 Å². The maximum atomic E-state index is 13.3. The van der Waals surface area contributed by atoms with Crippen molar-refractivity contribution in [2.75, 3.05) is 43.9 Å². The lowest BCUT2D eigenvalue weighted by atomic mass is 9.84. The number of carbonyl (C=O) groups excluding carboxylic acids is 4. The molecule has 2 N–H and O–H groups in total. The van der Waals surface area contributed by atoms with Crippen molar-refractivity contribution in [2.45, 2.75) is 12.8 Å². The monoisotopic (exact) mass is 627 g/mol. The number of rotatable bonds is 10. The molecule has 0 aliphatic heterocycles. The van der Waals surface area contributed by atoms with Crippen LogP contribution in [-0.2, 0) is 0 Å². The van der Waals surface area contributed by atoms with E-state index >= 15 is 0 Å². The quantitative estimate of drug-likeness (QED) is 0.188. The Morgan fingerprint density at radius 3 is 1.43 bits per heavy atom. The van der Waals surface area contributed by atoms with Gasteiger partial charge >= 0.3 is 0 Å². The summed E-state index contributed by atoms with van der Waals surface area (Å²) in [5.41, 5.74) is 3.35. The summed E-state index contributed by atoms with van der Waals surface area (Å²) in [5.74, 6) is -1.11. The standard InChI is InChI=1S/C33H27Cl2N5O4/c1-40(14-2-10-38-24-6-4-22(34)26-28(24)30(41)18-8-12-36-16-20(18)32(26)43)15-3-11-39-25-7-5-23(35)27-29(25)31(42)19-9-13-37-17-21(19)33(27)44/h4-9,12-13,16-17,38-39H,2-3,10-11,14-15H2,1H3. The third-order valence-corrected chi connectivity index (χ3v) is 8.53. The number of carbonyl (C=O) groups is 4. The number of pyridine rings is 2. The van der Waals surface area contributed by atoms with E-state index in [2.05, 4.69) is 25.5 Å². The molecule has 2 aliphatic carbocycles. The molecule has 6 rings (SSSR count). The molecule has 9 nitrogen and oxygen atoms in total. The highest BCUT2D eigenvalue weighted by Gasteiger charge is 2.35. The summed E-state index contributed by atoms with van der Waals surface area (Å²) >= 11 is 12.7. The zero-order chi connectivity index (χ0) is 31.0. The molecule has 2 aromatic heterocycles. The van der Waals surface area contributed by atoms with Gasteiger partial charge in [0.05, 0.1) is 43.4 Å². The van der Waals surface area contributed by atoms with E-state index in [1.54, 1.807) is 36.4 Å². The summed E-state index contributed by atoms with van der Waals surface area (Å²) in [6.07, 6.45) is 7.39. The number of anilines is 2. The minimum Gasteiger partial charge on any atom is -0.384 e. The van der Waals surface area contributed by atoms with Crippen LogP contribution in [0.15, 0.2) is 61.2 Å². The smallest absolute Gasteiger partial charge is 0.197 e. The second-order valence-electron chi connectivity index (χ2n) is 10.7. The number of benzene rings is 2. The van der Waals surface area contributed by atoms with E-state index in [1.165, 1.54) is 24.8 Å². The maximum Gasteiger partial charge on any atom is 0.197 e. The molecular formula is C33H27Cl2N5O4. The first-order valence-electron chi connectivity index (χ1n) is 14.2. The normalized spacial score (nSPS) is 13.4. The van der Waals surface area contributed by atoms with Crippen LogP contribution in [0.25, 0.3) is 0 Å². The fourth-order valence-electron chi connectivity index (χ4n) is 5.71. The van der Waals surface area contributed by atoms with E-state index in [-0.39, 0.29) is 55.4 Å². The van der Waals surface area contributed by atoms with E-state index in [0.717, 1.165) is 25.9 Å². The van der Waals surface area contributed by atoms with Crippen molar-refractivity contribution in [3.05, 3.63) is 116 Å². The molecule has 11 heteroatoms. The molecule has 0 amide bonds. The lowest BCUT2D eigenvalue weighted by Crippen LogP contribution is -2.26. The Bertz CT molecular complexity index is 1730. The summed E-state index contributed by atoms with van der Waals surface area (Å²) in [4.78, 5) is 62.8. The molecular weight excluding hydrogens is 601 g/mol. The number of hydrogen-bond acceptors (Lipinski definition) is 9. The third kappa shape index (κ3) is 5.27. The lowest BCUT2D eigenvalue weighted by molar-refractivity contribution is 0.0979. The zero-order valence-electron chi connectivity index (χ0n) is 23.7. The van der Waals surface area contributed by atoms with E-state index in [9.17, 15) is 19.2 Å². The molecule has 2 aromatic carbocycles. The van der Waals surface area contributed by atoms with Crippen LogP contribution in [0.1, 0.15) is 76.5 Å². The molecule has 0 saturated heterocycles. The molecule has 0 radical (unpaired) electrons. The van der Waals surface area contributed by atoms with Crippen LogP contribution >= 0.6 is 23.2 Å². The SMILES string of the molecule is CN(CCCNc1ccc(Cl)c2c1C(=O)c1ccncc1C2=O)CCCNc1ccc(Cl)c2c1C(=O)c1ccncc1C2=O. The van der Waals surface area contributed by atoms with Gasteiger partial charge in [0.25, 0.3) is 0 Å². The van der Waals surface area contributed by atoms with Crippen molar-refractivity contribution in [1.82, 2.24) is 14.9 Å². The number of ketones is 4. The minimum absolute atomic E-state index is 0.209. The summed E-state index contributed by atoms with van der Waals surface area (Å²) in [5, 5.41) is 7.11. The largest absolute Gasteiger partial charge is 0.384 e. The number of aromatic nitrogens is 2. The van der Waals surface area contributed by atoms with Crippen molar-refractivity contribution in [3.8, 4) is 0 Å². The van der Waals surface area contributed by atoms with Crippen molar-refractivity contribution in [2.24, 2.45) is 0 Å². The molecule has 222 valence electrons. The fourth-order valence-corrected chi connectivity index (χ4v) is 6.19. The number of halogens is 2. The number of hydrogen-bond donors (Lipinski definition) is 2.